The van der Waals surface area contributed by atoms with Gasteiger partial charge in [-0.1, -0.05) is 0 Å². The van der Waals surface area contributed by atoms with Gasteiger partial charge in [0.2, 0.25) is 5.95 Å². The number of ether oxygens (including phenoxy) is 1. The van der Waals surface area contributed by atoms with E-state index < -0.39 is 17.9 Å². The number of amides is 1. The molecule has 0 saturated carbocycles. The highest BCUT2D eigenvalue weighted by Gasteiger charge is 2.16. The molecule has 3 rings (SSSR count). The third kappa shape index (κ3) is 4.66. The quantitative estimate of drug-likeness (QED) is 0.550. The topological polar surface area (TPSA) is 130 Å². The van der Waals surface area contributed by atoms with E-state index >= 15 is 0 Å². The van der Waals surface area contributed by atoms with Crippen molar-refractivity contribution in [2.75, 3.05) is 18.0 Å². The van der Waals surface area contributed by atoms with Crippen molar-refractivity contribution in [1.29, 1.82) is 5.41 Å². The van der Waals surface area contributed by atoms with E-state index in [1.54, 1.807) is 0 Å². The van der Waals surface area contributed by atoms with E-state index in [2.05, 4.69) is 19.9 Å². The van der Waals surface area contributed by atoms with Gasteiger partial charge < -0.3 is 15.4 Å². The Hall–Kier alpha value is -3.30. The Bertz CT molecular complexity index is 823. The lowest BCUT2D eigenvalue weighted by Crippen LogP contribution is -2.36. The number of carbonyl (C=O) groups is 1. The van der Waals surface area contributed by atoms with Crippen molar-refractivity contribution in [3.05, 3.63) is 36.0 Å². The van der Waals surface area contributed by atoms with Gasteiger partial charge in [-0.3, -0.25) is 15.7 Å². The maximum Gasteiger partial charge on any atom is 0.414 e. The molecule has 0 spiro atoms. The normalized spacial score (nSPS) is 13.9. The van der Waals surface area contributed by atoms with Crippen LogP contribution in [-0.4, -0.2) is 40.1 Å². The van der Waals surface area contributed by atoms with Crippen LogP contribution in [0.4, 0.5) is 15.1 Å². The van der Waals surface area contributed by atoms with Gasteiger partial charge >= 0.3 is 6.09 Å². The molecule has 9 nitrogen and oxygen atoms in total. The predicted octanol–water partition coefficient (Wildman–Crippen LogP) is 1.79. The van der Waals surface area contributed by atoms with Crippen LogP contribution in [0.1, 0.15) is 24.8 Å². The van der Waals surface area contributed by atoms with Crippen LogP contribution in [0.15, 0.2) is 24.7 Å². The minimum atomic E-state index is -0.936. The molecule has 1 aliphatic rings. The van der Waals surface area contributed by atoms with Gasteiger partial charge in [-0.2, -0.15) is 0 Å². The van der Waals surface area contributed by atoms with Crippen LogP contribution in [0.5, 0.6) is 0 Å². The fraction of sp³-hybridized carbons (Fsp3) is 0.353. The lowest BCUT2D eigenvalue weighted by molar-refractivity contribution is 0.143. The summed E-state index contributed by atoms with van der Waals surface area (Å²) in [4.78, 5) is 26.2. The molecule has 0 radical (unpaired) electrons. The number of halogens is 1. The summed E-state index contributed by atoms with van der Waals surface area (Å²) in [5.41, 5.74) is 5.68. The van der Waals surface area contributed by atoms with Gasteiger partial charge in [0.15, 0.2) is 11.8 Å². The molecule has 0 aliphatic carbocycles. The monoisotopic (exact) mass is 373 g/mol. The fourth-order valence-electron chi connectivity index (χ4n) is 2.79. The number of carbonyl (C=O) groups excluding carboxylic acids is 1. The first-order chi connectivity index (χ1) is 13.0. The standard InChI is InChI=1S/C17H20FN7O2/c18-13-11(10-27-17(26)24-15(19)20)4-5-21-14(13)12-8-22-16(23-9-12)25-6-2-1-3-7-25/h4-5,8-9H,1-3,6-7,10H2,(H4,19,20,24,26). The van der Waals surface area contributed by atoms with Crippen LogP contribution in [0.25, 0.3) is 11.3 Å². The lowest BCUT2D eigenvalue weighted by Gasteiger charge is -2.26. The molecule has 142 valence electrons. The number of hydrogen-bond donors (Lipinski definition) is 3. The number of alkyl carbamates (subject to hydrolysis) is 1. The number of nitrogens with zero attached hydrogens (tertiary/aromatic N) is 4. The largest absolute Gasteiger partial charge is 0.444 e. The average Bonchev–Trinajstić information content (AvgIpc) is 2.67. The maximum absolute atomic E-state index is 14.7. The molecule has 4 N–H and O–H groups in total. The molecule has 0 unspecified atom stereocenters. The van der Waals surface area contributed by atoms with Crippen molar-refractivity contribution in [1.82, 2.24) is 20.3 Å². The van der Waals surface area contributed by atoms with Crippen LogP contribution < -0.4 is 16.0 Å². The summed E-state index contributed by atoms with van der Waals surface area (Å²) in [6.07, 6.45) is 6.99. The predicted molar refractivity (Wildman–Crippen MR) is 96.5 cm³/mol. The summed E-state index contributed by atoms with van der Waals surface area (Å²) >= 11 is 0. The van der Waals surface area contributed by atoms with Crippen LogP contribution in [-0.2, 0) is 11.3 Å². The molecule has 1 fully saturated rings. The Morgan fingerprint density at radius 2 is 1.96 bits per heavy atom. The second-order valence-corrected chi connectivity index (χ2v) is 6.07. The highest BCUT2D eigenvalue weighted by molar-refractivity contribution is 5.90. The molecule has 1 aliphatic heterocycles. The zero-order valence-corrected chi connectivity index (χ0v) is 14.6. The van der Waals surface area contributed by atoms with Gasteiger partial charge in [-0.25, -0.2) is 19.2 Å². The molecule has 2 aromatic rings. The smallest absolute Gasteiger partial charge is 0.414 e. The molecule has 10 heteroatoms. The Morgan fingerprint density at radius 1 is 1.26 bits per heavy atom. The van der Waals surface area contributed by atoms with Gasteiger partial charge in [0.25, 0.3) is 0 Å². The Labute approximate surface area is 155 Å². The first-order valence-corrected chi connectivity index (χ1v) is 8.53. The van der Waals surface area contributed by atoms with Gasteiger partial charge in [-0.15, -0.1) is 0 Å². The van der Waals surface area contributed by atoms with Crippen molar-refractivity contribution < 1.29 is 13.9 Å². The molecule has 1 saturated heterocycles. The SMILES string of the molecule is N=C(N)NC(=O)OCc1ccnc(-c2cnc(N3CCCCC3)nc2)c1F. The van der Waals surface area contributed by atoms with Crippen LogP contribution in [0, 0.1) is 11.2 Å². The van der Waals surface area contributed by atoms with E-state index in [0.717, 1.165) is 25.9 Å². The molecule has 27 heavy (non-hydrogen) atoms. The number of nitrogens with one attached hydrogen (secondary N) is 2. The Kier molecular flexibility index (Phi) is 5.74. The summed E-state index contributed by atoms with van der Waals surface area (Å²) in [6.45, 7) is 1.51. The number of guanidine groups is 1. The number of aromatic nitrogens is 3. The van der Waals surface area contributed by atoms with Crippen LogP contribution in [0.3, 0.4) is 0 Å². The number of rotatable bonds is 4. The Morgan fingerprint density at radius 3 is 2.63 bits per heavy atom. The third-order valence-corrected chi connectivity index (χ3v) is 4.12. The van der Waals surface area contributed by atoms with Crippen molar-refractivity contribution in [3.63, 3.8) is 0 Å². The average molecular weight is 373 g/mol. The minimum Gasteiger partial charge on any atom is -0.444 e. The fourth-order valence-corrected chi connectivity index (χ4v) is 2.79. The second kappa shape index (κ2) is 8.39. The van der Waals surface area contributed by atoms with Gasteiger partial charge in [-0.05, 0) is 25.3 Å². The van der Waals surface area contributed by atoms with E-state index in [1.165, 1.54) is 31.1 Å². The van der Waals surface area contributed by atoms with E-state index in [4.69, 9.17) is 15.9 Å². The van der Waals surface area contributed by atoms with Crippen molar-refractivity contribution in [2.45, 2.75) is 25.9 Å². The first kappa shape index (κ1) is 18.5. The molecule has 0 bridgehead atoms. The molecule has 3 heterocycles. The minimum absolute atomic E-state index is 0.0771. The summed E-state index contributed by atoms with van der Waals surface area (Å²) in [7, 11) is 0. The van der Waals surface area contributed by atoms with Gasteiger partial charge in [0, 0.05) is 42.8 Å². The van der Waals surface area contributed by atoms with Crippen LogP contribution in [0.2, 0.25) is 0 Å². The van der Waals surface area contributed by atoms with Gasteiger partial charge in [0.1, 0.15) is 12.3 Å². The van der Waals surface area contributed by atoms with E-state index in [1.807, 2.05) is 5.32 Å². The molecule has 0 atom stereocenters. The van der Waals surface area contributed by atoms with E-state index in [0.29, 0.717) is 11.5 Å². The zero-order chi connectivity index (χ0) is 19.2. The summed E-state index contributed by atoms with van der Waals surface area (Å²) in [5.74, 6) is -0.552. The molecular weight excluding hydrogens is 353 g/mol. The van der Waals surface area contributed by atoms with Crippen LogP contribution >= 0.6 is 0 Å². The summed E-state index contributed by atoms with van der Waals surface area (Å²) < 4.78 is 19.6. The highest BCUT2D eigenvalue weighted by Crippen LogP contribution is 2.23. The third-order valence-electron chi connectivity index (χ3n) is 4.12. The number of nitrogens with two attached hydrogens (primary N) is 1. The molecule has 1 amide bonds. The highest BCUT2D eigenvalue weighted by atomic mass is 19.1. The Balaban J connectivity index is 1.73. The number of hydrogen-bond acceptors (Lipinski definition) is 7. The van der Waals surface area contributed by atoms with E-state index in [-0.39, 0.29) is 17.9 Å². The zero-order valence-electron chi connectivity index (χ0n) is 14.6. The number of anilines is 1. The first-order valence-electron chi connectivity index (χ1n) is 8.53. The van der Waals surface area contributed by atoms with Crippen molar-refractivity contribution in [3.8, 4) is 11.3 Å². The van der Waals surface area contributed by atoms with E-state index in [9.17, 15) is 9.18 Å². The lowest BCUT2D eigenvalue weighted by atomic mass is 10.1. The maximum atomic E-state index is 14.7. The van der Waals surface area contributed by atoms with Crippen molar-refractivity contribution >= 4 is 18.0 Å². The van der Waals surface area contributed by atoms with Crippen molar-refractivity contribution in [2.24, 2.45) is 5.73 Å². The molecule has 0 aromatic carbocycles. The second-order valence-electron chi connectivity index (χ2n) is 6.07. The molecule has 2 aromatic heterocycles. The number of pyridine rings is 1. The number of piperidine rings is 1. The summed E-state index contributed by atoms with van der Waals surface area (Å²) in [5, 5.41) is 8.91. The molecular formula is C17H20FN7O2. The summed E-state index contributed by atoms with van der Waals surface area (Å²) in [6, 6.07) is 1.41. The van der Waals surface area contributed by atoms with Gasteiger partial charge in [0.05, 0.1) is 0 Å².